The molecule has 3 aliphatic rings. The Hall–Kier alpha value is -1.16. The number of hydrogen-bond acceptors (Lipinski definition) is 3. The quantitative estimate of drug-likeness (QED) is 0.534. The summed E-state index contributed by atoms with van der Waals surface area (Å²) in [5, 5.41) is 9.30. The van der Waals surface area contributed by atoms with Gasteiger partial charge in [0.1, 0.15) is 0 Å². The van der Waals surface area contributed by atoms with Crippen LogP contribution in [0.5, 0.6) is 0 Å². The Kier molecular flexibility index (Phi) is 1.98. The Morgan fingerprint density at radius 2 is 1.81 bits per heavy atom. The second-order valence-electron chi connectivity index (χ2n) is 5.14. The van der Waals surface area contributed by atoms with Crippen molar-refractivity contribution >= 4 is 11.8 Å². The first-order valence-electron chi connectivity index (χ1n) is 5.81. The maximum absolute atomic E-state index is 12.1. The highest BCUT2D eigenvalue weighted by Crippen LogP contribution is 2.52. The van der Waals surface area contributed by atoms with Crippen LogP contribution in [0.4, 0.5) is 0 Å². The number of β-amino-alcohol motifs (C(OH)–C–C–N with tert-alkyl or cyclic N) is 1. The van der Waals surface area contributed by atoms with E-state index in [2.05, 4.69) is 12.2 Å². The molecule has 86 valence electrons. The Balaban J connectivity index is 1.89. The number of nitrogens with zero attached hydrogens (tertiary/aromatic N) is 1. The molecule has 0 aromatic rings. The van der Waals surface area contributed by atoms with Gasteiger partial charge in [0.25, 0.3) is 0 Å². The number of aliphatic hydroxyl groups is 1. The number of allylic oxidation sites excluding steroid dienone is 2. The molecule has 0 aromatic heterocycles. The molecule has 4 nitrogen and oxygen atoms in total. The minimum Gasteiger partial charge on any atom is -0.392 e. The molecule has 2 fully saturated rings. The van der Waals surface area contributed by atoms with Crippen LogP contribution < -0.4 is 0 Å². The van der Waals surface area contributed by atoms with Gasteiger partial charge in [-0.1, -0.05) is 12.2 Å². The second-order valence-corrected chi connectivity index (χ2v) is 5.14. The lowest BCUT2D eigenvalue weighted by atomic mass is 9.85. The second kappa shape index (κ2) is 3.17. The predicted octanol–water partition coefficient (Wildman–Crippen LogP) is 0.174. The number of aliphatic hydroxyl groups excluding tert-OH is 1. The van der Waals surface area contributed by atoms with Crippen molar-refractivity contribution in [2.45, 2.75) is 19.4 Å². The Morgan fingerprint density at radius 3 is 2.25 bits per heavy atom. The molecule has 1 aliphatic heterocycles. The standard InChI is InChI=1S/C12H15NO3/c1-6(14)5-13-11(15)9-7-2-3-8(4-7)10(9)12(13)16/h2-3,6-10,14H,4-5H2,1H3/t6-,7+,8+,9+,10+/m1/s1. The molecule has 4 heteroatoms. The van der Waals surface area contributed by atoms with Gasteiger partial charge >= 0.3 is 0 Å². The van der Waals surface area contributed by atoms with Crippen LogP contribution in [-0.4, -0.2) is 34.5 Å². The highest BCUT2D eigenvalue weighted by atomic mass is 16.3. The van der Waals surface area contributed by atoms with E-state index in [4.69, 9.17) is 0 Å². The van der Waals surface area contributed by atoms with Crippen molar-refractivity contribution in [1.29, 1.82) is 0 Å². The SMILES string of the molecule is C[C@@H](O)CN1C(=O)[C@@H]2[C@@H](C1=O)[C@H]1C=C[C@H]2C1. The largest absolute Gasteiger partial charge is 0.392 e. The van der Waals surface area contributed by atoms with Crippen LogP contribution in [0, 0.1) is 23.7 Å². The first-order valence-corrected chi connectivity index (χ1v) is 5.81. The normalized spacial score (nSPS) is 42.0. The highest BCUT2D eigenvalue weighted by Gasteiger charge is 2.59. The van der Waals surface area contributed by atoms with Crippen LogP contribution in [0.2, 0.25) is 0 Å². The summed E-state index contributed by atoms with van der Waals surface area (Å²) in [6.07, 6.45) is 4.46. The molecular formula is C12H15NO3. The third-order valence-corrected chi connectivity index (χ3v) is 4.01. The van der Waals surface area contributed by atoms with E-state index in [0.717, 1.165) is 6.42 Å². The molecule has 0 unspecified atom stereocenters. The Labute approximate surface area is 93.9 Å². The van der Waals surface area contributed by atoms with Crippen molar-refractivity contribution in [1.82, 2.24) is 4.90 Å². The molecule has 1 N–H and O–H groups in total. The van der Waals surface area contributed by atoms with Crippen molar-refractivity contribution < 1.29 is 14.7 Å². The minimum atomic E-state index is -0.641. The van der Waals surface area contributed by atoms with Gasteiger partial charge in [0.05, 0.1) is 24.5 Å². The smallest absolute Gasteiger partial charge is 0.233 e. The zero-order chi connectivity index (χ0) is 11.4. The van der Waals surface area contributed by atoms with Gasteiger partial charge in [0, 0.05) is 0 Å². The topological polar surface area (TPSA) is 57.6 Å². The van der Waals surface area contributed by atoms with E-state index in [1.165, 1.54) is 4.90 Å². The van der Waals surface area contributed by atoms with Crippen LogP contribution in [0.3, 0.4) is 0 Å². The van der Waals surface area contributed by atoms with E-state index < -0.39 is 6.10 Å². The number of carbonyl (C=O) groups excluding carboxylic acids is 2. The number of fused-ring (bicyclic) bond motifs is 5. The summed E-state index contributed by atoms with van der Waals surface area (Å²) < 4.78 is 0. The van der Waals surface area contributed by atoms with E-state index in [1.807, 2.05) is 0 Å². The van der Waals surface area contributed by atoms with Gasteiger partial charge in [-0.15, -0.1) is 0 Å². The fraction of sp³-hybridized carbons (Fsp3) is 0.667. The van der Waals surface area contributed by atoms with E-state index in [-0.39, 0.29) is 42.0 Å². The number of imide groups is 1. The first-order chi connectivity index (χ1) is 7.59. The Bertz CT molecular complexity index is 358. The zero-order valence-corrected chi connectivity index (χ0v) is 9.17. The summed E-state index contributed by atoms with van der Waals surface area (Å²) in [6.45, 7) is 1.74. The Morgan fingerprint density at radius 1 is 1.31 bits per heavy atom. The monoisotopic (exact) mass is 221 g/mol. The van der Waals surface area contributed by atoms with Gasteiger partial charge < -0.3 is 5.11 Å². The third kappa shape index (κ3) is 1.13. The predicted molar refractivity (Wildman–Crippen MR) is 56.1 cm³/mol. The summed E-state index contributed by atoms with van der Waals surface area (Å²) in [5.41, 5.74) is 0. The zero-order valence-electron chi connectivity index (χ0n) is 9.17. The molecule has 0 aromatic carbocycles. The van der Waals surface area contributed by atoms with E-state index in [1.54, 1.807) is 6.92 Å². The van der Waals surface area contributed by atoms with Gasteiger partial charge in [-0.2, -0.15) is 0 Å². The molecule has 1 heterocycles. The van der Waals surface area contributed by atoms with E-state index in [0.29, 0.717) is 0 Å². The highest BCUT2D eigenvalue weighted by molar-refractivity contribution is 6.06. The summed E-state index contributed by atoms with van der Waals surface area (Å²) in [5.74, 6) is 0.0823. The third-order valence-electron chi connectivity index (χ3n) is 4.01. The fourth-order valence-electron chi connectivity index (χ4n) is 3.41. The molecule has 2 amide bonds. The number of rotatable bonds is 2. The van der Waals surface area contributed by atoms with Crippen molar-refractivity contribution in [3.05, 3.63) is 12.2 Å². The maximum atomic E-state index is 12.1. The van der Waals surface area contributed by atoms with Gasteiger partial charge in [-0.25, -0.2) is 0 Å². The first kappa shape index (κ1) is 10.0. The lowest BCUT2D eigenvalue weighted by molar-refractivity contribution is -0.142. The molecule has 3 rings (SSSR count). The molecule has 2 aliphatic carbocycles. The van der Waals surface area contributed by atoms with Crippen molar-refractivity contribution in [3.63, 3.8) is 0 Å². The van der Waals surface area contributed by atoms with Crippen LogP contribution >= 0.6 is 0 Å². The van der Waals surface area contributed by atoms with Crippen molar-refractivity contribution in [3.8, 4) is 0 Å². The molecule has 5 atom stereocenters. The van der Waals surface area contributed by atoms with Crippen LogP contribution in [-0.2, 0) is 9.59 Å². The minimum absolute atomic E-state index is 0.0762. The molecule has 16 heavy (non-hydrogen) atoms. The maximum Gasteiger partial charge on any atom is 0.233 e. The van der Waals surface area contributed by atoms with Crippen LogP contribution in [0.1, 0.15) is 13.3 Å². The van der Waals surface area contributed by atoms with E-state index >= 15 is 0 Å². The summed E-state index contributed by atoms with van der Waals surface area (Å²) in [7, 11) is 0. The summed E-state index contributed by atoms with van der Waals surface area (Å²) in [6, 6.07) is 0. The van der Waals surface area contributed by atoms with Gasteiger partial charge in [-0.3, -0.25) is 14.5 Å². The number of carbonyl (C=O) groups is 2. The van der Waals surface area contributed by atoms with E-state index in [9.17, 15) is 14.7 Å². The number of hydrogen-bond donors (Lipinski definition) is 1. The molecule has 1 saturated carbocycles. The molecule has 2 bridgehead atoms. The lowest BCUT2D eigenvalue weighted by Crippen LogP contribution is -2.38. The lowest BCUT2D eigenvalue weighted by Gasteiger charge is -2.18. The molecular weight excluding hydrogens is 206 g/mol. The van der Waals surface area contributed by atoms with Gasteiger partial charge in [0.15, 0.2) is 0 Å². The average Bonchev–Trinajstić information content (AvgIpc) is 2.87. The number of likely N-dealkylation sites (tertiary alicyclic amines) is 1. The van der Waals surface area contributed by atoms with Crippen LogP contribution in [0.25, 0.3) is 0 Å². The van der Waals surface area contributed by atoms with Gasteiger partial charge in [-0.05, 0) is 25.2 Å². The molecule has 1 saturated heterocycles. The van der Waals surface area contributed by atoms with Crippen molar-refractivity contribution in [2.24, 2.45) is 23.7 Å². The van der Waals surface area contributed by atoms with Crippen LogP contribution in [0.15, 0.2) is 12.2 Å². The van der Waals surface area contributed by atoms with Crippen molar-refractivity contribution in [2.75, 3.05) is 6.54 Å². The molecule has 0 spiro atoms. The average molecular weight is 221 g/mol. The molecule has 0 radical (unpaired) electrons. The fourth-order valence-corrected chi connectivity index (χ4v) is 3.41. The number of amides is 2. The summed E-state index contributed by atoms with van der Waals surface area (Å²) >= 11 is 0. The summed E-state index contributed by atoms with van der Waals surface area (Å²) in [4.78, 5) is 25.4. The van der Waals surface area contributed by atoms with Gasteiger partial charge in [0.2, 0.25) is 11.8 Å².